The van der Waals surface area contributed by atoms with E-state index in [4.69, 9.17) is 5.73 Å². The molecule has 0 aromatic carbocycles. The van der Waals surface area contributed by atoms with Crippen molar-refractivity contribution in [2.75, 3.05) is 0 Å². The van der Waals surface area contributed by atoms with Crippen molar-refractivity contribution in [3.05, 3.63) is 28.6 Å². The van der Waals surface area contributed by atoms with Crippen molar-refractivity contribution < 1.29 is 4.79 Å². The van der Waals surface area contributed by atoms with Crippen LogP contribution in [0, 0.1) is 5.92 Å². The van der Waals surface area contributed by atoms with Crippen LogP contribution in [0.4, 0.5) is 0 Å². The number of carbonyl (C=O) groups is 1. The van der Waals surface area contributed by atoms with Crippen LogP contribution >= 0.6 is 0 Å². The fourth-order valence-electron chi connectivity index (χ4n) is 4.20. The van der Waals surface area contributed by atoms with E-state index in [1.165, 1.54) is 36.8 Å². The van der Waals surface area contributed by atoms with Crippen molar-refractivity contribution in [3.63, 3.8) is 0 Å². The van der Waals surface area contributed by atoms with Crippen molar-refractivity contribution in [2.24, 2.45) is 11.7 Å². The third-order valence-electron chi connectivity index (χ3n) is 5.83. The lowest BCUT2D eigenvalue weighted by Gasteiger charge is -2.22. The minimum atomic E-state index is -0.430. The number of hydrogen-bond donors (Lipinski definition) is 2. The van der Waals surface area contributed by atoms with Gasteiger partial charge in [-0.3, -0.25) is 4.79 Å². The number of fused-ring (bicyclic) bond motifs is 1. The number of amides is 1. The molecule has 0 radical (unpaired) electrons. The number of nitrogens with one attached hydrogen (secondary N) is 1. The van der Waals surface area contributed by atoms with Gasteiger partial charge in [0.05, 0.1) is 5.69 Å². The van der Waals surface area contributed by atoms with E-state index in [0.717, 1.165) is 31.0 Å². The minimum absolute atomic E-state index is 0.0343. The summed E-state index contributed by atoms with van der Waals surface area (Å²) >= 11 is 0. The van der Waals surface area contributed by atoms with E-state index in [1.807, 2.05) is 6.07 Å². The molecule has 1 fully saturated rings. The van der Waals surface area contributed by atoms with Gasteiger partial charge in [-0.15, -0.1) is 0 Å². The zero-order chi connectivity index (χ0) is 16.6. The molecule has 1 atom stereocenters. The Morgan fingerprint density at radius 2 is 2.13 bits per heavy atom. The maximum atomic E-state index is 11.7. The van der Waals surface area contributed by atoms with Crippen LogP contribution in [0.1, 0.15) is 80.2 Å². The average Bonchev–Trinajstić information content (AvgIpc) is 3.13. The maximum absolute atomic E-state index is 11.7. The molecule has 23 heavy (non-hydrogen) atoms. The summed E-state index contributed by atoms with van der Waals surface area (Å²) < 4.78 is 0. The molecular formula is C19H29N3O. The molecule has 3 N–H and O–H groups in total. The molecule has 0 saturated heterocycles. The summed E-state index contributed by atoms with van der Waals surface area (Å²) in [7, 11) is 0. The second-order valence-corrected chi connectivity index (χ2v) is 7.96. The van der Waals surface area contributed by atoms with E-state index in [2.05, 4.69) is 31.1 Å². The van der Waals surface area contributed by atoms with Gasteiger partial charge in [0.15, 0.2) is 0 Å². The SMILES string of the molecule is C[C@H](NCc1cc(C(N)=O)nc2c1CCC2(C)C)C1CCCC1. The topological polar surface area (TPSA) is 68.0 Å². The molecule has 2 aliphatic rings. The molecule has 0 unspecified atom stereocenters. The van der Waals surface area contributed by atoms with Crippen LogP contribution in [0.5, 0.6) is 0 Å². The van der Waals surface area contributed by atoms with Crippen molar-refractivity contribution in [1.82, 2.24) is 10.3 Å². The molecule has 0 aliphatic heterocycles. The van der Waals surface area contributed by atoms with E-state index < -0.39 is 5.91 Å². The summed E-state index contributed by atoms with van der Waals surface area (Å²) in [6, 6.07) is 2.42. The summed E-state index contributed by atoms with van der Waals surface area (Å²) in [6.07, 6.45) is 7.53. The highest BCUT2D eigenvalue weighted by Crippen LogP contribution is 2.39. The summed E-state index contributed by atoms with van der Waals surface area (Å²) in [5.41, 5.74) is 9.54. The van der Waals surface area contributed by atoms with Gasteiger partial charge in [0.25, 0.3) is 5.91 Å². The van der Waals surface area contributed by atoms with Gasteiger partial charge in [0.1, 0.15) is 5.69 Å². The molecule has 1 heterocycles. The predicted molar refractivity (Wildman–Crippen MR) is 92.4 cm³/mol. The standard InChI is InChI=1S/C19H29N3O/c1-12(13-6-4-5-7-13)21-11-14-10-16(18(20)23)22-17-15(14)8-9-19(17,2)3/h10,12-13,21H,4-9,11H2,1-3H3,(H2,20,23)/t12-/m0/s1. The average molecular weight is 315 g/mol. The number of pyridine rings is 1. The zero-order valence-corrected chi connectivity index (χ0v) is 14.6. The van der Waals surface area contributed by atoms with Crippen LogP contribution in [-0.2, 0) is 18.4 Å². The van der Waals surface area contributed by atoms with Gasteiger partial charge in [0, 0.05) is 18.0 Å². The third-order valence-corrected chi connectivity index (χ3v) is 5.83. The fourth-order valence-corrected chi connectivity index (χ4v) is 4.20. The highest BCUT2D eigenvalue weighted by atomic mass is 16.1. The number of primary amides is 1. The van der Waals surface area contributed by atoms with E-state index in [9.17, 15) is 4.79 Å². The van der Waals surface area contributed by atoms with Crippen LogP contribution in [0.3, 0.4) is 0 Å². The summed E-state index contributed by atoms with van der Waals surface area (Å²) in [4.78, 5) is 16.2. The first-order chi connectivity index (χ1) is 10.9. The van der Waals surface area contributed by atoms with Gasteiger partial charge in [-0.2, -0.15) is 0 Å². The normalized spacial score (nSPS) is 21.3. The fraction of sp³-hybridized carbons (Fsp3) is 0.684. The number of carbonyl (C=O) groups excluding carboxylic acids is 1. The lowest BCUT2D eigenvalue weighted by Crippen LogP contribution is -2.32. The molecule has 126 valence electrons. The van der Waals surface area contributed by atoms with Gasteiger partial charge in [0.2, 0.25) is 0 Å². The molecule has 0 bridgehead atoms. The Bertz CT molecular complexity index is 603. The Balaban J connectivity index is 1.82. The monoisotopic (exact) mass is 315 g/mol. The number of aromatic nitrogens is 1. The van der Waals surface area contributed by atoms with Gasteiger partial charge in [-0.05, 0) is 55.7 Å². The first-order valence-corrected chi connectivity index (χ1v) is 8.95. The van der Waals surface area contributed by atoms with Gasteiger partial charge in [-0.25, -0.2) is 4.98 Å². The quantitative estimate of drug-likeness (QED) is 0.877. The third kappa shape index (κ3) is 3.27. The van der Waals surface area contributed by atoms with Gasteiger partial charge >= 0.3 is 0 Å². The molecule has 1 aromatic heterocycles. The van der Waals surface area contributed by atoms with Crippen molar-refractivity contribution in [2.45, 2.75) is 77.3 Å². The summed E-state index contributed by atoms with van der Waals surface area (Å²) in [6.45, 7) is 7.50. The first-order valence-electron chi connectivity index (χ1n) is 8.95. The number of hydrogen-bond acceptors (Lipinski definition) is 3. The highest BCUT2D eigenvalue weighted by molar-refractivity contribution is 5.91. The lowest BCUT2D eigenvalue weighted by molar-refractivity contribution is 0.0995. The number of nitrogens with two attached hydrogens (primary N) is 1. The van der Waals surface area contributed by atoms with E-state index in [1.54, 1.807) is 0 Å². The molecule has 0 spiro atoms. The maximum Gasteiger partial charge on any atom is 0.267 e. The molecule has 4 nitrogen and oxygen atoms in total. The Kier molecular flexibility index (Phi) is 4.45. The van der Waals surface area contributed by atoms with E-state index in [-0.39, 0.29) is 5.41 Å². The Labute approximate surface area is 139 Å². The molecule has 2 aliphatic carbocycles. The van der Waals surface area contributed by atoms with Crippen LogP contribution in [0.15, 0.2) is 6.07 Å². The Morgan fingerprint density at radius 1 is 1.43 bits per heavy atom. The first kappa shape index (κ1) is 16.4. The Morgan fingerprint density at radius 3 is 2.78 bits per heavy atom. The predicted octanol–water partition coefficient (Wildman–Crippen LogP) is 3.07. The van der Waals surface area contributed by atoms with E-state index >= 15 is 0 Å². The molecule has 1 aromatic rings. The van der Waals surface area contributed by atoms with Crippen LogP contribution in [0.2, 0.25) is 0 Å². The van der Waals surface area contributed by atoms with Crippen molar-refractivity contribution in [3.8, 4) is 0 Å². The zero-order valence-electron chi connectivity index (χ0n) is 14.6. The van der Waals surface area contributed by atoms with Gasteiger partial charge in [-0.1, -0.05) is 26.7 Å². The Hall–Kier alpha value is -1.42. The van der Waals surface area contributed by atoms with Crippen LogP contribution < -0.4 is 11.1 Å². The second kappa shape index (κ2) is 6.23. The molecule has 1 amide bonds. The molecule has 4 heteroatoms. The second-order valence-electron chi connectivity index (χ2n) is 7.96. The highest BCUT2D eigenvalue weighted by Gasteiger charge is 2.34. The summed E-state index contributed by atoms with van der Waals surface area (Å²) in [5, 5.41) is 3.68. The number of nitrogens with zero attached hydrogens (tertiary/aromatic N) is 1. The molecule has 1 saturated carbocycles. The summed E-state index contributed by atoms with van der Waals surface area (Å²) in [5.74, 6) is 0.359. The molecular weight excluding hydrogens is 286 g/mol. The lowest BCUT2D eigenvalue weighted by atomic mass is 9.90. The van der Waals surface area contributed by atoms with Crippen molar-refractivity contribution >= 4 is 5.91 Å². The molecule has 3 rings (SSSR count). The van der Waals surface area contributed by atoms with E-state index in [0.29, 0.717) is 11.7 Å². The number of rotatable bonds is 5. The van der Waals surface area contributed by atoms with Gasteiger partial charge < -0.3 is 11.1 Å². The minimum Gasteiger partial charge on any atom is -0.364 e. The largest absolute Gasteiger partial charge is 0.364 e. The van der Waals surface area contributed by atoms with Crippen LogP contribution in [-0.4, -0.2) is 16.9 Å². The van der Waals surface area contributed by atoms with Crippen molar-refractivity contribution in [1.29, 1.82) is 0 Å². The smallest absolute Gasteiger partial charge is 0.267 e. The van der Waals surface area contributed by atoms with Crippen LogP contribution in [0.25, 0.3) is 0 Å².